The van der Waals surface area contributed by atoms with E-state index in [9.17, 15) is 13.2 Å². The van der Waals surface area contributed by atoms with Crippen molar-refractivity contribution in [3.8, 4) is 0 Å². The van der Waals surface area contributed by atoms with E-state index in [0.717, 1.165) is 48.4 Å². The first-order chi connectivity index (χ1) is 17.8. The van der Waals surface area contributed by atoms with Gasteiger partial charge in [0.25, 0.3) is 10.0 Å². The Labute approximate surface area is 218 Å². The molecule has 2 aliphatic rings. The third-order valence-corrected chi connectivity index (χ3v) is 9.20. The number of anilines is 1. The monoisotopic (exact) mass is 523 g/mol. The number of hydrogen-bond donors (Lipinski definition) is 1. The van der Waals surface area contributed by atoms with Crippen molar-refractivity contribution in [1.29, 1.82) is 0 Å². The van der Waals surface area contributed by atoms with E-state index in [4.69, 9.17) is 9.57 Å². The van der Waals surface area contributed by atoms with Gasteiger partial charge in [-0.2, -0.15) is 5.48 Å². The molecular weight excluding hydrogens is 490 g/mol. The van der Waals surface area contributed by atoms with Crippen LogP contribution in [0.15, 0.2) is 59.6 Å². The number of aromatic nitrogens is 1. The largest absolute Gasteiger partial charge is 0.462 e. The molecular formula is C28H33N3O5S. The number of carbonyl (C=O) groups is 1. The van der Waals surface area contributed by atoms with Crippen LogP contribution in [0.3, 0.4) is 0 Å². The first-order valence-electron chi connectivity index (χ1n) is 12.9. The highest BCUT2D eigenvalue weighted by Gasteiger charge is 2.43. The standard InChI is InChI=1S/C28H33N3O5S/c1-3-35-27(32)21-11-13-24(14-12-21)37(33,34)31(19-23-17-28(36-30-23)15-7-4-8-16-28)26-20(2)25-10-6-5-9-22(25)18-29-26/h5-6,9-14,18,23,30H,3-4,7-8,15-17,19H2,1-2H3. The van der Waals surface area contributed by atoms with Crippen LogP contribution in [0.25, 0.3) is 10.8 Å². The van der Waals surface area contributed by atoms with Crippen molar-refractivity contribution >= 4 is 32.6 Å². The summed E-state index contributed by atoms with van der Waals surface area (Å²) < 4.78 is 34.6. The van der Waals surface area contributed by atoms with E-state index in [1.54, 1.807) is 13.1 Å². The van der Waals surface area contributed by atoms with Gasteiger partial charge in [0.1, 0.15) is 5.82 Å². The van der Waals surface area contributed by atoms with Gasteiger partial charge in [0.15, 0.2) is 0 Å². The Kier molecular flexibility index (Phi) is 7.20. The molecule has 3 aromatic rings. The summed E-state index contributed by atoms with van der Waals surface area (Å²) in [6, 6.07) is 13.5. The summed E-state index contributed by atoms with van der Waals surface area (Å²) in [6.07, 6.45) is 7.86. The maximum atomic E-state index is 14.1. The molecule has 0 bridgehead atoms. The summed E-state index contributed by atoms with van der Waals surface area (Å²) in [5.41, 5.74) is 4.00. The van der Waals surface area contributed by atoms with Crippen LogP contribution in [-0.2, 0) is 19.6 Å². The normalized spacial score (nSPS) is 19.2. The fourth-order valence-electron chi connectivity index (χ4n) is 5.50. The van der Waals surface area contributed by atoms with Crippen molar-refractivity contribution in [2.75, 3.05) is 17.5 Å². The number of benzene rings is 2. The molecule has 1 unspecified atom stereocenters. The maximum Gasteiger partial charge on any atom is 0.338 e. The predicted molar refractivity (Wildman–Crippen MR) is 142 cm³/mol. The molecule has 1 saturated heterocycles. The number of aryl methyl sites for hydroxylation is 1. The zero-order valence-electron chi connectivity index (χ0n) is 21.3. The minimum absolute atomic E-state index is 0.0844. The van der Waals surface area contributed by atoms with Gasteiger partial charge < -0.3 is 4.74 Å². The summed E-state index contributed by atoms with van der Waals surface area (Å²) in [6.45, 7) is 4.05. The zero-order valence-corrected chi connectivity index (χ0v) is 22.1. The van der Waals surface area contributed by atoms with Gasteiger partial charge in [-0.25, -0.2) is 22.5 Å². The number of nitrogens with one attached hydrogen (secondary N) is 1. The first kappa shape index (κ1) is 25.6. The van der Waals surface area contributed by atoms with Crippen LogP contribution in [0, 0.1) is 6.92 Å². The lowest BCUT2D eigenvalue weighted by atomic mass is 9.81. The molecule has 37 heavy (non-hydrogen) atoms. The van der Waals surface area contributed by atoms with E-state index in [1.165, 1.54) is 35.0 Å². The quantitative estimate of drug-likeness (QED) is 0.439. The Morgan fingerprint density at radius 3 is 2.59 bits per heavy atom. The number of hydroxylamine groups is 1. The van der Waals surface area contributed by atoms with Crippen molar-refractivity contribution in [1.82, 2.24) is 10.5 Å². The van der Waals surface area contributed by atoms with E-state index in [1.807, 2.05) is 31.2 Å². The van der Waals surface area contributed by atoms with Gasteiger partial charge in [0.05, 0.1) is 35.3 Å². The van der Waals surface area contributed by atoms with Crippen molar-refractivity contribution in [2.45, 2.75) is 68.9 Å². The van der Waals surface area contributed by atoms with Crippen molar-refractivity contribution in [3.05, 3.63) is 65.9 Å². The average molecular weight is 524 g/mol. The summed E-state index contributed by atoms with van der Waals surface area (Å²) in [5, 5.41) is 1.90. The number of pyridine rings is 1. The van der Waals surface area contributed by atoms with Crippen LogP contribution >= 0.6 is 0 Å². The fourth-order valence-corrected chi connectivity index (χ4v) is 7.02. The van der Waals surface area contributed by atoms with Gasteiger partial charge in [-0.3, -0.25) is 4.84 Å². The van der Waals surface area contributed by atoms with Gasteiger partial charge in [-0.05, 0) is 62.8 Å². The second-order valence-corrected chi connectivity index (χ2v) is 11.8. The van der Waals surface area contributed by atoms with Gasteiger partial charge >= 0.3 is 5.97 Å². The van der Waals surface area contributed by atoms with Gasteiger partial charge in [-0.1, -0.05) is 43.5 Å². The summed E-state index contributed by atoms with van der Waals surface area (Å²) in [4.78, 5) is 22.9. The number of ether oxygens (including phenoxy) is 1. The van der Waals surface area contributed by atoms with E-state index >= 15 is 0 Å². The SMILES string of the molecule is CCOC(=O)c1ccc(S(=O)(=O)N(CC2CC3(CCCCC3)ON2)c2ncc3ccccc3c2C)cc1. The molecule has 0 radical (unpaired) electrons. The minimum Gasteiger partial charge on any atom is -0.462 e. The second-order valence-electron chi connectivity index (χ2n) is 9.94. The lowest BCUT2D eigenvalue weighted by Gasteiger charge is -2.31. The van der Waals surface area contributed by atoms with E-state index in [-0.39, 0.29) is 29.7 Å². The Morgan fingerprint density at radius 2 is 1.86 bits per heavy atom. The molecule has 2 fully saturated rings. The van der Waals surface area contributed by atoms with Crippen molar-refractivity contribution in [2.24, 2.45) is 0 Å². The van der Waals surface area contributed by atoms with Crippen LogP contribution in [0.4, 0.5) is 5.82 Å². The smallest absolute Gasteiger partial charge is 0.338 e. The number of nitrogens with zero attached hydrogens (tertiary/aromatic N) is 2. The maximum absolute atomic E-state index is 14.1. The van der Waals surface area contributed by atoms with E-state index in [2.05, 4.69) is 10.5 Å². The molecule has 196 valence electrons. The van der Waals surface area contributed by atoms with Gasteiger partial charge in [0.2, 0.25) is 0 Å². The summed E-state index contributed by atoms with van der Waals surface area (Å²) in [5.74, 6) is -0.0972. The van der Waals surface area contributed by atoms with E-state index in [0.29, 0.717) is 11.4 Å². The minimum atomic E-state index is -4.01. The van der Waals surface area contributed by atoms with Crippen LogP contribution in [0.5, 0.6) is 0 Å². The molecule has 1 aliphatic carbocycles. The average Bonchev–Trinajstić information content (AvgIpc) is 3.30. The molecule has 1 spiro atoms. The number of fused-ring (bicyclic) bond motifs is 1. The molecule has 2 aromatic carbocycles. The van der Waals surface area contributed by atoms with Crippen LogP contribution in [-0.4, -0.2) is 44.2 Å². The number of rotatable bonds is 7. The first-order valence-corrected chi connectivity index (χ1v) is 14.3. The molecule has 1 saturated carbocycles. The predicted octanol–water partition coefficient (Wildman–Crippen LogP) is 4.91. The third-order valence-electron chi connectivity index (χ3n) is 7.43. The number of sulfonamides is 1. The topological polar surface area (TPSA) is 97.8 Å². The molecule has 2 heterocycles. The highest BCUT2D eigenvalue weighted by molar-refractivity contribution is 7.92. The third kappa shape index (κ3) is 5.08. The molecule has 0 amide bonds. The zero-order chi connectivity index (χ0) is 26.0. The van der Waals surface area contributed by atoms with Gasteiger partial charge in [-0.15, -0.1) is 0 Å². The van der Waals surface area contributed by atoms with Gasteiger partial charge in [0, 0.05) is 17.1 Å². The Balaban J connectivity index is 1.51. The second kappa shape index (κ2) is 10.4. The highest BCUT2D eigenvalue weighted by Crippen LogP contribution is 2.39. The number of hydrogen-bond acceptors (Lipinski definition) is 7. The lowest BCUT2D eigenvalue weighted by molar-refractivity contribution is -0.0764. The molecule has 5 rings (SSSR count). The van der Waals surface area contributed by atoms with Crippen LogP contribution < -0.4 is 9.79 Å². The van der Waals surface area contributed by atoms with Crippen LogP contribution in [0.1, 0.15) is 61.4 Å². The summed E-state index contributed by atoms with van der Waals surface area (Å²) in [7, 11) is -4.01. The van der Waals surface area contributed by atoms with Crippen molar-refractivity contribution < 1.29 is 22.8 Å². The van der Waals surface area contributed by atoms with Crippen molar-refractivity contribution in [3.63, 3.8) is 0 Å². The molecule has 1 atom stereocenters. The molecule has 8 nitrogen and oxygen atoms in total. The summed E-state index contributed by atoms with van der Waals surface area (Å²) >= 11 is 0. The molecule has 1 N–H and O–H groups in total. The molecule has 9 heteroatoms. The Morgan fingerprint density at radius 1 is 1.14 bits per heavy atom. The molecule has 1 aromatic heterocycles. The Hall–Kier alpha value is -3.01. The Bertz CT molecular complexity index is 1380. The molecule has 1 aliphatic heterocycles. The lowest BCUT2D eigenvalue weighted by Crippen LogP contribution is -2.42. The fraction of sp³-hybridized carbons (Fsp3) is 0.429. The van der Waals surface area contributed by atoms with Crippen LogP contribution in [0.2, 0.25) is 0 Å². The number of carbonyl (C=O) groups excluding carboxylic acids is 1. The number of esters is 1. The van der Waals surface area contributed by atoms with E-state index < -0.39 is 16.0 Å². The highest BCUT2D eigenvalue weighted by atomic mass is 32.2.